The number of carbonyl (C=O) groups excluding carboxylic acids is 1. The van der Waals surface area contributed by atoms with Gasteiger partial charge in [0.05, 0.1) is 11.5 Å². The first kappa shape index (κ1) is 27.6. The highest BCUT2D eigenvalue weighted by Gasteiger charge is 2.42. The number of nitrogens with two attached hydrogens (primary N) is 1. The molecule has 1 aliphatic rings. The molecule has 1 heterocycles. The Hall–Kier alpha value is -1.64. The van der Waals surface area contributed by atoms with Crippen molar-refractivity contribution in [2.45, 2.75) is 63.6 Å². The van der Waals surface area contributed by atoms with E-state index in [4.69, 9.17) is 10.5 Å². The average Bonchev–Trinajstić information content (AvgIpc) is 2.81. The number of amides is 1. The molecule has 1 aliphatic heterocycles. The number of nitrogens with zero attached hydrogens (tertiary/aromatic N) is 1. The summed E-state index contributed by atoms with van der Waals surface area (Å²) in [6.07, 6.45) is -0.743. The number of carbonyl (C=O) groups is 1. The summed E-state index contributed by atoms with van der Waals surface area (Å²) in [5.41, 5.74) is 5.46. The van der Waals surface area contributed by atoms with Crippen molar-refractivity contribution in [2.24, 2.45) is 23.5 Å². The fourth-order valence-electron chi connectivity index (χ4n) is 4.82. The Morgan fingerprint density at radius 1 is 1.27 bits per heavy atom. The van der Waals surface area contributed by atoms with E-state index in [1.807, 2.05) is 30.3 Å². The normalized spacial score (nSPS) is 20.8. The second kappa shape index (κ2) is 12.7. The third-order valence-corrected chi connectivity index (χ3v) is 6.92. The van der Waals surface area contributed by atoms with Crippen molar-refractivity contribution in [1.82, 2.24) is 4.90 Å². The summed E-state index contributed by atoms with van der Waals surface area (Å²) in [6, 6.07) is 9.53. The summed E-state index contributed by atoms with van der Waals surface area (Å²) in [4.78, 5) is 14.7. The minimum absolute atomic E-state index is 0.00123. The maximum atomic E-state index is 13.0. The van der Waals surface area contributed by atoms with Crippen LogP contribution in [-0.2, 0) is 15.1 Å². The largest absolute Gasteiger partial charge is 0.391 e. The minimum Gasteiger partial charge on any atom is -0.385 e. The van der Waals surface area contributed by atoms with E-state index in [9.17, 15) is 23.1 Å². The first-order valence-corrected chi connectivity index (χ1v) is 11.9. The third-order valence-electron chi connectivity index (χ3n) is 6.92. The number of aliphatic hydroxyl groups is 1. The van der Waals surface area contributed by atoms with Gasteiger partial charge < -0.3 is 20.5 Å². The van der Waals surface area contributed by atoms with E-state index >= 15 is 0 Å². The van der Waals surface area contributed by atoms with E-state index in [0.29, 0.717) is 26.1 Å². The molecule has 0 radical (unpaired) electrons. The van der Waals surface area contributed by atoms with Crippen LogP contribution in [-0.4, -0.2) is 55.4 Å². The molecule has 0 saturated carbocycles. The van der Waals surface area contributed by atoms with Gasteiger partial charge in [-0.3, -0.25) is 4.79 Å². The predicted octanol–water partition coefficient (Wildman–Crippen LogP) is 4.48. The Kier molecular flexibility index (Phi) is 10.6. The molecule has 1 aromatic rings. The number of halogens is 3. The maximum Gasteiger partial charge on any atom is 0.391 e. The van der Waals surface area contributed by atoms with Crippen LogP contribution in [0.3, 0.4) is 0 Å². The van der Waals surface area contributed by atoms with Crippen molar-refractivity contribution in [1.29, 1.82) is 0 Å². The third kappa shape index (κ3) is 7.97. The zero-order valence-corrected chi connectivity index (χ0v) is 19.8. The predicted molar refractivity (Wildman–Crippen MR) is 122 cm³/mol. The molecule has 1 unspecified atom stereocenters. The Bertz CT molecular complexity index is 717. The van der Waals surface area contributed by atoms with Crippen LogP contribution in [0.2, 0.25) is 0 Å². The number of rotatable bonds is 12. The van der Waals surface area contributed by atoms with Crippen LogP contribution < -0.4 is 5.73 Å². The van der Waals surface area contributed by atoms with Gasteiger partial charge in [-0.25, -0.2) is 0 Å². The Labute approximate surface area is 195 Å². The van der Waals surface area contributed by atoms with Crippen LogP contribution in [0.4, 0.5) is 13.2 Å². The first-order valence-electron chi connectivity index (χ1n) is 11.9. The van der Waals surface area contributed by atoms with Crippen molar-refractivity contribution < 1.29 is 27.8 Å². The van der Waals surface area contributed by atoms with Gasteiger partial charge >= 0.3 is 6.18 Å². The number of unbranched alkanes of at least 4 members (excludes halogenated alkanes) is 1. The highest BCUT2D eigenvalue weighted by atomic mass is 19.4. The molecular weight excluding hydrogens is 433 g/mol. The summed E-state index contributed by atoms with van der Waals surface area (Å²) in [5, 5.41) is 11.8. The van der Waals surface area contributed by atoms with Gasteiger partial charge in [-0.2, -0.15) is 13.2 Å². The van der Waals surface area contributed by atoms with Crippen molar-refractivity contribution in [3.05, 3.63) is 35.9 Å². The molecule has 33 heavy (non-hydrogen) atoms. The lowest BCUT2D eigenvalue weighted by molar-refractivity contribution is -0.174. The van der Waals surface area contributed by atoms with Gasteiger partial charge in [0.2, 0.25) is 5.91 Å². The van der Waals surface area contributed by atoms with Crippen LogP contribution in [0.25, 0.3) is 0 Å². The molecule has 8 heteroatoms. The molecule has 1 fully saturated rings. The molecule has 0 aromatic heterocycles. The zero-order chi connectivity index (χ0) is 24.5. The standard InChI is InChI=1S/C25H39F3N2O3/c1-19(25(26,27)28)15-20(17-29)16-23(31)30-13-8-11-22(18-30)24(32,12-6-7-14-33-2)21-9-4-3-5-10-21/h3-5,9-10,19-20,22,32H,6-8,11-18,29H2,1-2H3/t19?,20-,22-,24-/m1/s1. The number of methoxy groups -OCH3 is 1. The molecule has 1 saturated heterocycles. The van der Waals surface area contributed by atoms with Crippen molar-refractivity contribution in [2.75, 3.05) is 33.4 Å². The molecule has 3 N–H and O–H groups in total. The highest BCUT2D eigenvalue weighted by molar-refractivity contribution is 5.76. The average molecular weight is 473 g/mol. The molecule has 1 aromatic carbocycles. The molecule has 0 aliphatic carbocycles. The monoisotopic (exact) mass is 472 g/mol. The Morgan fingerprint density at radius 2 is 1.97 bits per heavy atom. The van der Waals surface area contributed by atoms with Crippen LogP contribution >= 0.6 is 0 Å². The summed E-state index contributed by atoms with van der Waals surface area (Å²) >= 11 is 0. The fraction of sp³-hybridized carbons (Fsp3) is 0.720. The van der Waals surface area contributed by atoms with Crippen LogP contribution in [0.5, 0.6) is 0 Å². The number of hydrogen-bond donors (Lipinski definition) is 2. The van der Waals surface area contributed by atoms with Crippen molar-refractivity contribution in [3.63, 3.8) is 0 Å². The lowest BCUT2D eigenvalue weighted by Crippen LogP contribution is -2.48. The topological polar surface area (TPSA) is 75.8 Å². The van der Waals surface area contributed by atoms with Gasteiger partial charge in [-0.05, 0) is 56.6 Å². The summed E-state index contributed by atoms with van der Waals surface area (Å²) in [5.74, 6) is -2.34. The molecule has 0 bridgehead atoms. The van der Waals surface area contributed by atoms with E-state index in [0.717, 1.165) is 38.2 Å². The van der Waals surface area contributed by atoms with Gasteiger partial charge in [0.25, 0.3) is 0 Å². The summed E-state index contributed by atoms with van der Waals surface area (Å²) in [7, 11) is 1.65. The minimum atomic E-state index is -4.29. The lowest BCUT2D eigenvalue weighted by Gasteiger charge is -2.43. The second-order valence-corrected chi connectivity index (χ2v) is 9.40. The van der Waals surface area contributed by atoms with Gasteiger partial charge in [0, 0.05) is 39.1 Å². The van der Waals surface area contributed by atoms with Gasteiger partial charge in [-0.1, -0.05) is 37.3 Å². The molecule has 5 nitrogen and oxygen atoms in total. The summed E-state index contributed by atoms with van der Waals surface area (Å²) in [6.45, 7) is 2.73. The van der Waals surface area contributed by atoms with E-state index < -0.39 is 23.6 Å². The maximum absolute atomic E-state index is 13.0. The van der Waals surface area contributed by atoms with E-state index in [-0.39, 0.29) is 31.2 Å². The second-order valence-electron chi connectivity index (χ2n) is 9.40. The number of hydrogen-bond acceptors (Lipinski definition) is 4. The van der Waals surface area contributed by atoms with Crippen LogP contribution in [0, 0.1) is 17.8 Å². The summed E-state index contributed by atoms with van der Waals surface area (Å²) < 4.78 is 44.0. The Balaban J connectivity index is 2.09. The first-order chi connectivity index (χ1) is 15.6. The highest BCUT2D eigenvalue weighted by Crippen LogP contribution is 2.40. The molecule has 4 atom stereocenters. The smallest absolute Gasteiger partial charge is 0.385 e. The van der Waals surface area contributed by atoms with Crippen LogP contribution in [0.15, 0.2) is 30.3 Å². The molecule has 188 valence electrons. The number of benzene rings is 1. The van der Waals surface area contributed by atoms with Gasteiger partial charge in [0.15, 0.2) is 0 Å². The van der Waals surface area contributed by atoms with Crippen molar-refractivity contribution >= 4 is 5.91 Å². The van der Waals surface area contributed by atoms with Gasteiger partial charge in [-0.15, -0.1) is 0 Å². The Morgan fingerprint density at radius 3 is 2.58 bits per heavy atom. The van der Waals surface area contributed by atoms with E-state index in [1.165, 1.54) is 0 Å². The fourth-order valence-corrected chi connectivity index (χ4v) is 4.82. The quantitative estimate of drug-likeness (QED) is 0.440. The lowest BCUT2D eigenvalue weighted by atomic mass is 9.74. The molecular formula is C25H39F3N2O3. The van der Waals surface area contributed by atoms with Crippen LogP contribution in [0.1, 0.15) is 57.4 Å². The molecule has 0 spiro atoms. The zero-order valence-electron chi connectivity index (χ0n) is 19.8. The number of likely N-dealkylation sites (tertiary alicyclic amines) is 1. The molecule has 1 amide bonds. The number of piperidine rings is 1. The number of alkyl halides is 3. The van der Waals surface area contributed by atoms with E-state index in [1.54, 1.807) is 12.0 Å². The van der Waals surface area contributed by atoms with Gasteiger partial charge in [0.1, 0.15) is 0 Å². The van der Waals surface area contributed by atoms with Crippen molar-refractivity contribution in [3.8, 4) is 0 Å². The SMILES string of the molecule is COCCCC[C@@](O)(c1ccccc1)[C@@H]1CCCN(C(=O)C[C@H](CN)CC(C)C(F)(F)F)C1. The molecule has 2 rings (SSSR count). The number of ether oxygens (including phenoxy) is 1. The van der Waals surface area contributed by atoms with E-state index in [2.05, 4.69) is 0 Å².